The summed E-state index contributed by atoms with van der Waals surface area (Å²) in [5.41, 5.74) is 0. The predicted molar refractivity (Wildman–Crippen MR) is 72.0 cm³/mol. The van der Waals surface area contributed by atoms with Crippen molar-refractivity contribution < 1.29 is 0 Å². The van der Waals surface area contributed by atoms with Gasteiger partial charge in [0.15, 0.2) is 5.82 Å². The van der Waals surface area contributed by atoms with Gasteiger partial charge in [0, 0.05) is 12.6 Å². The number of aromatic nitrogens is 5. The first-order chi connectivity index (χ1) is 9.42. The van der Waals surface area contributed by atoms with Crippen molar-refractivity contribution in [2.24, 2.45) is 5.92 Å². The molecule has 0 bridgehead atoms. The summed E-state index contributed by atoms with van der Waals surface area (Å²) in [5.74, 6) is 2.36. The Hall–Kier alpha value is -1.98. The molecule has 1 saturated carbocycles. The predicted octanol–water partition coefficient (Wildman–Crippen LogP) is 2.05. The van der Waals surface area contributed by atoms with Gasteiger partial charge < -0.3 is 5.32 Å². The monoisotopic (exact) mass is 258 g/mol. The highest BCUT2D eigenvalue weighted by molar-refractivity contribution is 5.39. The Balaban J connectivity index is 1.63. The molecule has 1 fully saturated rings. The number of hydrogen-bond donors (Lipinski definition) is 1. The van der Waals surface area contributed by atoms with Crippen LogP contribution in [0, 0.1) is 5.92 Å². The van der Waals surface area contributed by atoms with Crippen molar-refractivity contribution in [1.29, 1.82) is 0 Å². The molecule has 100 valence electrons. The van der Waals surface area contributed by atoms with Gasteiger partial charge in [-0.1, -0.05) is 19.3 Å². The zero-order valence-corrected chi connectivity index (χ0v) is 10.9. The molecule has 3 rings (SSSR count). The molecule has 0 amide bonds. The highest BCUT2D eigenvalue weighted by atomic mass is 15.3. The molecule has 2 aromatic heterocycles. The summed E-state index contributed by atoms with van der Waals surface area (Å²) in [6.45, 7) is 0.994. The highest BCUT2D eigenvalue weighted by Crippen LogP contribution is 2.23. The van der Waals surface area contributed by atoms with Crippen LogP contribution in [0.3, 0.4) is 0 Å². The maximum Gasteiger partial charge on any atom is 0.160 e. The molecule has 2 aromatic rings. The van der Waals surface area contributed by atoms with E-state index >= 15 is 0 Å². The standard InChI is InChI=1S/C13H18N6/c1-2-4-11(5-3-1)7-15-12-6-13(17-9-16-12)19-10-14-8-18-19/h6,8-11H,1-5,7H2,(H,15,16,17). The zero-order chi connectivity index (χ0) is 12.9. The second-order valence-electron chi connectivity index (χ2n) is 4.99. The van der Waals surface area contributed by atoms with E-state index in [2.05, 4.69) is 25.4 Å². The Morgan fingerprint density at radius 3 is 2.84 bits per heavy atom. The number of anilines is 1. The lowest BCUT2D eigenvalue weighted by molar-refractivity contribution is 0.373. The molecular weight excluding hydrogens is 240 g/mol. The molecule has 6 heteroatoms. The summed E-state index contributed by atoms with van der Waals surface area (Å²) >= 11 is 0. The van der Waals surface area contributed by atoms with Crippen LogP contribution in [0.1, 0.15) is 32.1 Å². The molecule has 6 nitrogen and oxygen atoms in total. The van der Waals surface area contributed by atoms with Crippen molar-refractivity contribution in [1.82, 2.24) is 24.7 Å². The van der Waals surface area contributed by atoms with Gasteiger partial charge in [-0.05, 0) is 18.8 Å². The number of nitrogens with one attached hydrogen (secondary N) is 1. The van der Waals surface area contributed by atoms with E-state index in [-0.39, 0.29) is 0 Å². The summed E-state index contributed by atoms with van der Waals surface area (Å²) < 4.78 is 1.63. The minimum Gasteiger partial charge on any atom is -0.370 e. The third-order valence-electron chi connectivity index (χ3n) is 3.60. The zero-order valence-electron chi connectivity index (χ0n) is 10.9. The van der Waals surface area contributed by atoms with Crippen molar-refractivity contribution in [2.45, 2.75) is 32.1 Å². The molecular formula is C13H18N6. The fourth-order valence-electron chi connectivity index (χ4n) is 2.54. The van der Waals surface area contributed by atoms with Crippen LogP contribution in [-0.4, -0.2) is 31.3 Å². The van der Waals surface area contributed by atoms with Gasteiger partial charge in [0.1, 0.15) is 24.8 Å². The molecule has 1 aliphatic rings. The van der Waals surface area contributed by atoms with Gasteiger partial charge in [0.05, 0.1) is 0 Å². The van der Waals surface area contributed by atoms with Crippen molar-refractivity contribution in [2.75, 3.05) is 11.9 Å². The first-order valence-electron chi connectivity index (χ1n) is 6.83. The van der Waals surface area contributed by atoms with Crippen molar-refractivity contribution in [3.63, 3.8) is 0 Å². The molecule has 0 spiro atoms. The molecule has 1 aliphatic carbocycles. The molecule has 1 N–H and O–H groups in total. The minimum atomic E-state index is 0.735. The summed E-state index contributed by atoms with van der Waals surface area (Å²) in [6, 6.07) is 1.90. The third-order valence-corrected chi connectivity index (χ3v) is 3.60. The molecule has 0 aliphatic heterocycles. The van der Waals surface area contributed by atoms with E-state index in [0.717, 1.165) is 24.1 Å². The van der Waals surface area contributed by atoms with Crippen molar-refractivity contribution in [3.8, 4) is 5.82 Å². The van der Waals surface area contributed by atoms with Gasteiger partial charge in [0.25, 0.3) is 0 Å². The van der Waals surface area contributed by atoms with E-state index in [0.29, 0.717) is 0 Å². The molecule has 19 heavy (non-hydrogen) atoms. The Bertz CT molecular complexity index is 504. The first-order valence-corrected chi connectivity index (χ1v) is 6.83. The van der Waals surface area contributed by atoms with E-state index in [1.165, 1.54) is 38.4 Å². The molecule has 0 radical (unpaired) electrons. The largest absolute Gasteiger partial charge is 0.370 e. The van der Waals surface area contributed by atoms with Gasteiger partial charge in [-0.25, -0.2) is 19.6 Å². The Kier molecular flexibility index (Phi) is 3.67. The summed E-state index contributed by atoms with van der Waals surface area (Å²) in [5, 5.41) is 7.47. The van der Waals surface area contributed by atoms with Gasteiger partial charge in [-0.15, -0.1) is 0 Å². The Morgan fingerprint density at radius 2 is 2.05 bits per heavy atom. The van der Waals surface area contributed by atoms with Gasteiger partial charge in [0.2, 0.25) is 0 Å². The Morgan fingerprint density at radius 1 is 1.16 bits per heavy atom. The van der Waals surface area contributed by atoms with E-state index in [9.17, 15) is 0 Å². The van der Waals surface area contributed by atoms with Crippen LogP contribution in [-0.2, 0) is 0 Å². The average molecular weight is 258 g/mol. The maximum atomic E-state index is 4.25. The van der Waals surface area contributed by atoms with Crippen LogP contribution < -0.4 is 5.32 Å². The van der Waals surface area contributed by atoms with Crippen LogP contribution in [0.5, 0.6) is 0 Å². The van der Waals surface area contributed by atoms with Crippen molar-refractivity contribution in [3.05, 3.63) is 25.0 Å². The summed E-state index contributed by atoms with van der Waals surface area (Å²) in [6.07, 6.45) is 11.5. The second kappa shape index (κ2) is 5.77. The lowest BCUT2D eigenvalue weighted by atomic mass is 9.89. The molecule has 2 heterocycles. The quantitative estimate of drug-likeness (QED) is 0.909. The fourth-order valence-corrected chi connectivity index (χ4v) is 2.54. The van der Waals surface area contributed by atoms with Crippen molar-refractivity contribution >= 4 is 5.82 Å². The van der Waals surface area contributed by atoms with E-state index in [4.69, 9.17) is 0 Å². The van der Waals surface area contributed by atoms with E-state index in [1.54, 1.807) is 17.3 Å². The topological polar surface area (TPSA) is 68.5 Å². The molecule has 0 saturated heterocycles. The smallest absolute Gasteiger partial charge is 0.160 e. The minimum absolute atomic E-state index is 0.735. The number of nitrogens with zero attached hydrogens (tertiary/aromatic N) is 5. The normalized spacial score (nSPS) is 16.4. The first kappa shape index (κ1) is 12.1. The van der Waals surface area contributed by atoms with Crippen LogP contribution in [0.4, 0.5) is 5.82 Å². The van der Waals surface area contributed by atoms with Crippen LogP contribution >= 0.6 is 0 Å². The van der Waals surface area contributed by atoms with Gasteiger partial charge in [-0.2, -0.15) is 5.10 Å². The van der Waals surface area contributed by atoms with Crippen LogP contribution in [0.15, 0.2) is 25.0 Å². The lowest BCUT2D eigenvalue weighted by Gasteiger charge is -2.21. The van der Waals surface area contributed by atoms with E-state index in [1.807, 2.05) is 6.07 Å². The number of rotatable bonds is 4. The lowest BCUT2D eigenvalue weighted by Crippen LogP contribution is -2.17. The maximum absolute atomic E-state index is 4.25. The summed E-state index contributed by atoms with van der Waals surface area (Å²) in [4.78, 5) is 12.4. The van der Waals surface area contributed by atoms with Crippen LogP contribution in [0.25, 0.3) is 5.82 Å². The third kappa shape index (κ3) is 3.07. The van der Waals surface area contributed by atoms with Gasteiger partial charge in [-0.3, -0.25) is 0 Å². The number of hydrogen-bond acceptors (Lipinski definition) is 5. The van der Waals surface area contributed by atoms with E-state index < -0.39 is 0 Å². The van der Waals surface area contributed by atoms with Crippen LogP contribution in [0.2, 0.25) is 0 Å². The fraction of sp³-hybridized carbons (Fsp3) is 0.538. The molecule has 0 unspecified atom stereocenters. The summed E-state index contributed by atoms with van der Waals surface area (Å²) in [7, 11) is 0. The molecule has 0 aromatic carbocycles. The van der Waals surface area contributed by atoms with Gasteiger partial charge >= 0.3 is 0 Å². The molecule has 0 atom stereocenters. The highest BCUT2D eigenvalue weighted by Gasteiger charge is 2.13. The SMILES string of the molecule is c1nc(NCC2CCCCC2)cc(-n2cncn2)n1. The second-order valence-corrected chi connectivity index (χ2v) is 4.99. The Labute approximate surface area is 112 Å². The average Bonchev–Trinajstić information content (AvgIpc) is 3.01.